The van der Waals surface area contributed by atoms with E-state index in [9.17, 15) is 18.0 Å². The number of nitrogens with one attached hydrogen (secondary N) is 1. The lowest BCUT2D eigenvalue weighted by atomic mass is 10.3. The maximum absolute atomic E-state index is 12.4. The third kappa shape index (κ3) is 3.76. The molecule has 10 heteroatoms. The maximum atomic E-state index is 12.4. The number of para-hydroxylation sites is 1. The van der Waals surface area contributed by atoms with Gasteiger partial charge >= 0.3 is 11.4 Å². The van der Waals surface area contributed by atoms with E-state index in [-0.39, 0.29) is 18.0 Å². The van der Waals surface area contributed by atoms with E-state index in [1.54, 1.807) is 12.1 Å². The second kappa shape index (κ2) is 7.72. The fourth-order valence-electron chi connectivity index (χ4n) is 3.26. The molecule has 0 unspecified atom stereocenters. The molecular weight excluding hydrogens is 396 g/mol. The summed E-state index contributed by atoms with van der Waals surface area (Å²) in [6, 6.07) is 14.7. The minimum absolute atomic E-state index is 0.0425. The lowest BCUT2D eigenvalue weighted by molar-refractivity contribution is 0.323. The van der Waals surface area contributed by atoms with Gasteiger partial charge in [-0.25, -0.2) is 36.7 Å². The van der Waals surface area contributed by atoms with Gasteiger partial charge in [0.15, 0.2) is 0 Å². The molecule has 1 aliphatic heterocycles. The van der Waals surface area contributed by atoms with Crippen molar-refractivity contribution in [3.8, 4) is 11.4 Å². The molecule has 0 radical (unpaired) electrons. The molecule has 0 spiro atoms. The summed E-state index contributed by atoms with van der Waals surface area (Å²) >= 11 is 0. The average molecular weight is 416 g/mol. The average Bonchev–Trinajstić information content (AvgIpc) is 3.30. The Morgan fingerprint density at radius 1 is 0.897 bits per heavy atom. The largest absolute Gasteiger partial charge is 0.492 e. The summed E-state index contributed by atoms with van der Waals surface area (Å²) < 4.78 is 36.7. The summed E-state index contributed by atoms with van der Waals surface area (Å²) in [5.74, 6) is 0.659. The number of hydrogen-bond acceptors (Lipinski definition) is 5. The molecule has 0 saturated heterocycles. The topological polar surface area (TPSA) is 104 Å². The zero-order valence-corrected chi connectivity index (χ0v) is 16.3. The van der Waals surface area contributed by atoms with E-state index in [1.165, 1.54) is 33.6 Å². The third-order valence-electron chi connectivity index (χ3n) is 4.67. The molecule has 1 N–H and O–H groups in total. The quantitative estimate of drug-likeness (QED) is 0.567. The zero-order valence-electron chi connectivity index (χ0n) is 15.5. The first-order valence-electron chi connectivity index (χ1n) is 9.18. The summed E-state index contributed by atoms with van der Waals surface area (Å²) in [7, 11) is -3.74. The Labute approximate surface area is 166 Å². The van der Waals surface area contributed by atoms with Gasteiger partial charge in [0.2, 0.25) is 10.0 Å². The third-order valence-corrected chi connectivity index (χ3v) is 6.14. The van der Waals surface area contributed by atoms with E-state index in [4.69, 9.17) is 4.74 Å². The molecule has 0 amide bonds. The molecule has 3 aromatic rings. The highest BCUT2D eigenvalue weighted by Crippen LogP contribution is 2.13. The van der Waals surface area contributed by atoms with Crippen LogP contribution < -0.4 is 20.8 Å². The number of ether oxygens (including phenoxy) is 1. The van der Waals surface area contributed by atoms with E-state index in [0.29, 0.717) is 24.5 Å². The van der Waals surface area contributed by atoms with Crippen molar-refractivity contribution in [3.05, 3.63) is 75.6 Å². The van der Waals surface area contributed by atoms with Crippen LogP contribution in [0.25, 0.3) is 5.69 Å². The number of sulfonamides is 1. The smallest absolute Gasteiger partial charge is 0.351 e. The fourth-order valence-corrected chi connectivity index (χ4v) is 4.28. The van der Waals surface area contributed by atoms with Gasteiger partial charge in [0.1, 0.15) is 12.4 Å². The molecule has 0 fully saturated rings. The van der Waals surface area contributed by atoms with Crippen LogP contribution in [-0.2, 0) is 23.1 Å². The van der Waals surface area contributed by atoms with Crippen molar-refractivity contribution in [1.29, 1.82) is 0 Å². The highest BCUT2D eigenvalue weighted by molar-refractivity contribution is 7.89. The van der Waals surface area contributed by atoms with Crippen LogP contribution >= 0.6 is 0 Å². The Kier molecular flexibility index (Phi) is 5.12. The molecule has 4 rings (SSSR count). The lowest BCUT2D eigenvalue weighted by Gasteiger charge is -2.09. The molecule has 2 heterocycles. The molecule has 29 heavy (non-hydrogen) atoms. The van der Waals surface area contributed by atoms with E-state index < -0.39 is 21.4 Å². The molecule has 1 aliphatic rings. The Morgan fingerprint density at radius 2 is 1.52 bits per heavy atom. The second-order valence-corrected chi connectivity index (χ2v) is 8.32. The first-order chi connectivity index (χ1) is 14.0. The summed E-state index contributed by atoms with van der Waals surface area (Å²) in [5.41, 5.74) is -0.501. The van der Waals surface area contributed by atoms with Gasteiger partial charge < -0.3 is 4.74 Å². The van der Waals surface area contributed by atoms with Crippen LogP contribution in [-0.4, -0.2) is 35.5 Å². The monoisotopic (exact) mass is 416 g/mol. The molecule has 1 aromatic heterocycles. The van der Waals surface area contributed by atoms with Gasteiger partial charge in [-0.05, 0) is 42.8 Å². The molecule has 0 aliphatic carbocycles. The van der Waals surface area contributed by atoms with Crippen molar-refractivity contribution in [3.63, 3.8) is 0 Å². The van der Waals surface area contributed by atoms with E-state index in [2.05, 4.69) is 4.72 Å². The number of fused-ring (bicyclic) bond motifs is 1. The van der Waals surface area contributed by atoms with Crippen LogP contribution in [0.4, 0.5) is 0 Å². The van der Waals surface area contributed by atoms with Gasteiger partial charge in [-0.3, -0.25) is 0 Å². The van der Waals surface area contributed by atoms with E-state index in [1.807, 2.05) is 18.2 Å². The van der Waals surface area contributed by atoms with Gasteiger partial charge in [0, 0.05) is 19.6 Å². The fraction of sp³-hybridized carbons (Fsp3) is 0.263. The molecule has 9 nitrogen and oxygen atoms in total. The summed E-state index contributed by atoms with van der Waals surface area (Å²) in [4.78, 5) is 24.9. The van der Waals surface area contributed by atoms with Gasteiger partial charge in [0.05, 0.1) is 10.6 Å². The van der Waals surface area contributed by atoms with Crippen LogP contribution in [0.3, 0.4) is 0 Å². The highest BCUT2D eigenvalue weighted by Gasteiger charge is 2.21. The van der Waals surface area contributed by atoms with E-state index >= 15 is 0 Å². The van der Waals surface area contributed by atoms with Gasteiger partial charge in [0.25, 0.3) is 0 Å². The van der Waals surface area contributed by atoms with Crippen molar-refractivity contribution in [2.45, 2.75) is 24.4 Å². The Morgan fingerprint density at radius 3 is 2.14 bits per heavy atom. The molecule has 0 atom stereocenters. The van der Waals surface area contributed by atoms with Gasteiger partial charge in [-0.2, -0.15) is 0 Å². The van der Waals surface area contributed by atoms with Crippen molar-refractivity contribution in [2.24, 2.45) is 0 Å². The lowest BCUT2D eigenvalue weighted by Crippen LogP contribution is -2.29. The number of nitrogens with zero attached hydrogens (tertiary/aromatic N) is 3. The number of benzene rings is 2. The number of aromatic nitrogens is 3. The van der Waals surface area contributed by atoms with Crippen molar-refractivity contribution < 1.29 is 13.2 Å². The minimum atomic E-state index is -3.74. The van der Waals surface area contributed by atoms with Crippen molar-refractivity contribution in [1.82, 2.24) is 18.7 Å². The molecular formula is C19H20N4O5S. The molecule has 0 saturated carbocycles. The zero-order chi connectivity index (χ0) is 20.4. The first-order valence-corrected chi connectivity index (χ1v) is 10.7. The van der Waals surface area contributed by atoms with E-state index in [0.717, 1.165) is 11.0 Å². The van der Waals surface area contributed by atoms with Crippen LogP contribution in [0.5, 0.6) is 5.75 Å². The highest BCUT2D eigenvalue weighted by atomic mass is 32.2. The van der Waals surface area contributed by atoms with Gasteiger partial charge in [-0.15, -0.1) is 0 Å². The maximum Gasteiger partial charge on any atom is 0.351 e. The predicted octanol–water partition coefficient (Wildman–Crippen LogP) is 0.562. The molecule has 152 valence electrons. The summed E-state index contributed by atoms with van der Waals surface area (Å²) in [5, 5.41) is 0. The Balaban J connectivity index is 1.45. The minimum Gasteiger partial charge on any atom is -0.492 e. The summed E-state index contributed by atoms with van der Waals surface area (Å²) in [6.07, 6.45) is 0.752. The van der Waals surface area contributed by atoms with Crippen molar-refractivity contribution in [2.75, 3.05) is 13.2 Å². The number of rotatable bonds is 7. The Bertz CT molecular complexity index is 1190. The van der Waals surface area contributed by atoms with Crippen LogP contribution in [0, 0.1) is 0 Å². The Hall–Kier alpha value is -3.11. The normalized spacial score (nSPS) is 13.4. The standard InChI is InChI=1S/C19H20N4O5S/c24-18-21-12-4-13-22(21)19(25)23(18)15-7-9-17(10-8-15)29(26,27)20-11-14-28-16-5-2-1-3-6-16/h1-3,5-10,20H,4,11-14H2. The first kappa shape index (κ1) is 19.2. The van der Waals surface area contributed by atoms with Crippen LogP contribution in [0.15, 0.2) is 69.1 Å². The summed E-state index contributed by atoms with van der Waals surface area (Å²) in [6.45, 7) is 1.29. The van der Waals surface area contributed by atoms with Gasteiger partial charge in [-0.1, -0.05) is 18.2 Å². The molecule has 0 bridgehead atoms. The van der Waals surface area contributed by atoms with Crippen molar-refractivity contribution >= 4 is 10.0 Å². The predicted molar refractivity (Wildman–Crippen MR) is 106 cm³/mol. The second-order valence-electron chi connectivity index (χ2n) is 6.55. The molecule has 2 aromatic carbocycles. The van der Waals surface area contributed by atoms with Crippen LogP contribution in [0.2, 0.25) is 0 Å². The SMILES string of the molecule is O=c1n(-c2ccc(S(=O)(=O)NCCOc3ccccc3)cc2)c(=O)n2n1CCC2. The number of hydrogen-bond donors (Lipinski definition) is 1. The van der Waals surface area contributed by atoms with Crippen LogP contribution in [0.1, 0.15) is 6.42 Å².